The molecule has 0 aromatic heterocycles. The summed E-state index contributed by atoms with van der Waals surface area (Å²) in [6.45, 7) is 5.46. The van der Waals surface area contributed by atoms with Crippen molar-refractivity contribution in [2.24, 2.45) is 5.73 Å². The van der Waals surface area contributed by atoms with E-state index in [-0.39, 0.29) is 5.82 Å². The van der Waals surface area contributed by atoms with E-state index in [1.165, 1.54) is 30.7 Å². The van der Waals surface area contributed by atoms with Gasteiger partial charge in [0.25, 0.3) is 0 Å². The van der Waals surface area contributed by atoms with Crippen LogP contribution in [0.4, 0.5) is 15.8 Å². The Morgan fingerprint density at radius 2 is 1.88 bits per heavy atom. The van der Waals surface area contributed by atoms with E-state index in [9.17, 15) is 9.18 Å². The summed E-state index contributed by atoms with van der Waals surface area (Å²) in [5, 5.41) is 0. The smallest absolute Gasteiger partial charge is 0.239 e. The highest BCUT2D eigenvalue weighted by molar-refractivity contribution is 5.83. The van der Waals surface area contributed by atoms with Crippen molar-refractivity contribution >= 4 is 17.3 Å². The van der Waals surface area contributed by atoms with E-state index in [1.807, 2.05) is 11.0 Å². The van der Waals surface area contributed by atoms with Crippen LogP contribution in [0.25, 0.3) is 0 Å². The predicted octanol–water partition coefficient (Wildman–Crippen LogP) is 3.69. The number of hydrogen-bond donors (Lipinski definition) is 1. The molecule has 0 spiro atoms. The lowest BCUT2D eigenvalue weighted by Crippen LogP contribution is -2.42. The van der Waals surface area contributed by atoms with Gasteiger partial charge in [0.1, 0.15) is 11.9 Å². The largest absolute Gasteiger partial charge is 0.369 e. The fraction of sp³-hybridized carbons (Fsp3) is 0.381. The third-order valence-corrected chi connectivity index (χ3v) is 4.96. The molecule has 1 fully saturated rings. The molecule has 2 aromatic rings. The van der Waals surface area contributed by atoms with Crippen LogP contribution in [0.15, 0.2) is 48.5 Å². The van der Waals surface area contributed by atoms with E-state index in [4.69, 9.17) is 5.73 Å². The Balaban J connectivity index is 1.86. The van der Waals surface area contributed by atoms with Crippen molar-refractivity contribution in [2.75, 3.05) is 16.3 Å². The van der Waals surface area contributed by atoms with Gasteiger partial charge in [-0.3, -0.25) is 4.79 Å². The first-order chi connectivity index (χ1) is 12.5. The quantitative estimate of drug-likeness (QED) is 0.786. The van der Waals surface area contributed by atoms with Gasteiger partial charge in [-0.1, -0.05) is 12.1 Å². The summed E-state index contributed by atoms with van der Waals surface area (Å²) in [4.78, 5) is 16.1. The summed E-state index contributed by atoms with van der Waals surface area (Å²) in [7, 11) is 0. The second kappa shape index (κ2) is 7.77. The molecule has 0 unspecified atom stereocenters. The zero-order chi connectivity index (χ0) is 18.7. The second-order valence-electron chi connectivity index (χ2n) is 6.87. The van der Waals surface area contributed by atoms with Crippen LogP contribution in [0.2, 0.25) is 0 Å². The average Bonchev–Trinajstić information content (AvgIpc) is 3.46. The van der Waals surface area contributed by atoms with Crippen LogP contribution in [0.1, 0.15) is 32.3 Å². The molecule has 0 saturated heterocycles. The molecular weight excluding hydrogens is 329 g/mol. The molecule has 26 heavy (non-hydrogen) atoms. The highest BCUT2D eigenvalue weighted by Gasteiger charge is 2.28. The van der Waals surface area contributed by atoms with E-state index in [0.29, 0.717) is 12.6 Å². The van der Waals surface area contributed by atoms with Gasteiger partial charge in [0, 0.05) is 30.5 Å². The molecule has 0 aliphatic heterocycles. The molecule has 2 N–H and O–H groups in total. The van der Waals surface area contributed by atoms with Gasteiger partial charge in [-0.25, -0.2) is 4.39 Å². The number of nitrogens with zero attached hydrogens (tertiary/aromatic N) is 2. The normalized spacial score (nSPS) is 14.7. The first-order valence-electron chi connectivity index (χ1n) is 9.16. The van der Waals surface area contributed by atoms with Gasteiger partial charge < -0.3 is 15.5 Å². The molecule has 1 aliphatic carbocycles. The SMILES string of the molecule is CCN(c1cccc(CN(c2ccc(F)cc2)[C@@H](C)C(N)=O)c1)C1CC1. The fourth-order valence-corrected chi connectivity index (χ4v) is 3.31. The Morgan fingerprint density at radius 3 is 2.46 bits per heavy atom. The van der Waals surface area contributed by atoms with Crippen molar-refractivity contribution in [2.45, 2.75) is 45.3 Å². The second-order valence-corrected chi connectivity index (χ2v) is 6.87. The zero-order valence-electron chi connectivity index (χ0n) is 15.4. The Kier molecular flexibility index (Phi) is 5.45. The molecule has 0 radical (unpaired) electrons. The maximum atomic E-state index is 13.3. The topological polar surface area (TPSA) is 49.6 Å². The number of benzene rings is 2. The van der Waals surface area contributed by atoms with Gasteiger partial charge in [0.2, 0.25) is 5.91 Å². The molecule has 1 atom stereocenters. The van der Waals surface area contributed by atoms with E-state index < -0.39 is 11.9 Å². The maximum absolute atomic E-state index is 13.3. The van der Waals surface area contributed by atoms with Gasteiger partial charge in [0.15, 0.2) is 0 Å². The van der Waals surface area contributed by atoms with Crippen LogP contribution < -0.4 is 15.5 Å². The van der Waals surface area contributed by atoms with Gasteiger partial charge >= 0.3 is 0 Å². The lowest BCUT2D eigenvalue weighted by atomic mass is 10.1. The van der Waals surface area contributed by atoms with Crippen molar-refractivity contribution in [3.63, 3.8) is 0 Å². The van der Waals surface area contributed by atoms with Crippen molar-refractivity contribution < 1.29 is 9.18 Å². The van der Waals surface area contributed by atoms with Gasteiger partial charge in [-0.2, -0.15) is 0 Å². The number of carbonyl (C=O) groups is 1. The Morgan fingerprint density at radius 1 is 1.19 bits per heavy atom. The number of rotatable bonds is 8. The number of carbonyl (C=O) groups excluding carboxylic acids is 1. The zero-order valence-corrected chi connectivity index (χ0v) is 15.4. The summed E-state index contributed by atoms with van der Waals surface area (Å²) in [5.74, 6) is -0.705. The molecule has 138 valence electrons. The van der Waals surface area contributed by atoms with Crippen LogP contribution in [-0.2, 0) is 11.3 Å². The summed E-state index contributed by atoms with van der Waals surface area (Å²) in [6, 6.07) is 14.7. The Bertz CT molecular complexity index is 758. The number of primary amides is 1. The Labute approximate surface area is 154 Å². The highest BCUT2D eigenvalue weighted by Crippen LogP contribution is 2.32. The number of hydrogen-bond acceptors (Lipinski definition) is 3. The molecule has 0 heterocycles. The van der Waals surface area contributed by atoms with Crippen LogP contribution in [-0.4, -0.2) is 24.5 Å². The molecule has 1 amide bonds. The van der Waals surface area contributed by atoms with E-state index in [0.717, 1.165) is 17.8 Å². The molecule has 0 bridgehead atoms. The molecule has 1 saturated carbocycles. The van der Waals surface area contributed by atoms with Crippen molar-refractivity contribution in [3.8, 4) is 0 Å². The van der Waals surface area contributed by atoms with Crippen LogP contribution in [0, 0.1) is 5.82 Å². The molecule has 4 nitrogen and oxygen atoms in total. The molecular formula is C21H26FN3O. The maximum Gasteiger partial charge on any atom is 0.239 e. The average molecular weight is 355 g/mol. The van der Waals surface area contributed by atoms with Crippen molar-refractivity contribution in [1.82, 2.24) is 0 Å². The third-order valence-electron chi connectivity index (χ3n) is 4.96. The Hall–Kier alpha value is -2.56. The first kappa shape index (κ1) is 18.2. The van der Waals surface area contributed by atoms with Gasteiger partial charge in [0.05, 0.1) is 0 Å². The summed E-state index contributed by atoms with van der Waals surface area (Å²) in [5.41, 5.74) is 8.62. The van der Waals surface area contributed by atoms with Crippen LogP contribution in [0.3, 0.4) is 0 Å². The van der Waals surface area contributed by atoms with Crippen molar-refractivity contribution in [1.29, 1.82) is 0 Å². The standard InChI is InChI=1S/C21H26FN3O/c1-3-24(18-11-12-18)20-6-4-5-16(13-20)14-25(15(2)21(23)26)19-9-7-17(22)8-10-19/h4-10,13,15,18H,3,11-12,14H2,1-2H3,(H2,23,26)/t15-/m0/s1. The van der Waals surface area contributed by atoms with Gasteiger partial charge in [-0.05, 0) is 68.7 Å². The minimum atomic E-state index is -0.491. The fourth-order valence-electron chi connectivity index (χ4n) is 3.31. The number of halogens is 1. The van der Waals surface area contributed by atoms with E-state index in [2.05, 4.69) is 30.0 Å². The molecule has 1 aliphatic rings. The number of amides is 1. The summed E-state index contributed by atoms with van der Waals surface area (Å²) < 4.78 is 13.3. The monoisotopic (exact) mass is 355 g/mol. The molecule has 5 heteroatoms. The molecule has 3 rings (SSSR count). The highest BCUT2D eigenvalue weighted by atomic mass is 19.1. The summed E-state index contributed by atoms with van der Waals surface area (Å²) in [6.07, 6.45) is 2.50. The number of anilines is 2. The minimum absolute atomic E-state index is 0.301. The van der Waals surface area contributed by atoms with E-state index >= 15 is 0 Å². The van der Waals surface area contributed by atoms with Crippen LogP contribution >= 0.6 is 0 Å². The first-order valence-corrected chi connectivity index (χ1v) is 9.16. The minimum Gasteiger partial charge on any atom is -0.369 e. The van der Waals surface area contributed by atoms with Gasteiger partial charge in [-0.15, -0.1) is 0 Å². The number of nitrogens with two attached hydrogens (primary N) is 1. The summed E-state index contributed by atoms with van der Waals surface area (Å²) >= 11 is 0. The van der Waals surface area contributed by atoms with Crippen molar-refractivity contribution in [3.05, 3.63) is 59.9 Å². The third kappa shape index (κ3) is 4.15. The van der Waals surface area contributed by atoms with Crippen LogP contribution in [0.5, 0.6) is 0 Å². The van der Waals surface area contributed by atoms with E-state index in [1.54, 1.807) is 19.1 Å². The lowest BCUT2D eigenvalue weighted by Gasteiger charge is -2.30. The predicted molar refractivity (Wildman–Crippen MR) is 104 cm³/mol. The lowest BCUT2D eigenvalue weighted by molar-refractivity contribution is -0.119. The molecule has 2 aromatic carbocycles.